The molecule has 0 amide bonds. The number of ketones is 1. The molecular formula is C28H27N3O3. The summed E-state index contributed by atoms with van der Waals surface area (Å²) in [6.07, 6.45) is 0.256. The van der Waals surface area contributed by atoms with E-state index in [1.54, 1.807) is 22.9 Å². The van der Waals surface area contributed by atoms with Crippen LogP contribution in [0.5, 0.6) is 0 Å². The van der Waals surface area contributed by atoms with Crippen LogP contribution in [0.4, 0.5) is 0 Å². The minimum Gasteiger partial charge on any atom is -0.478 e. The summed E-state index contributed by atoms with van der Waals surface area (Å²) in [5, 5.41) is 14.0. The molecule has 0 saturated heterocycles. The van der Waals surface area contributed by atoms with Crippen LogP contribution < -0.4 is 0 Å². The van der Waals surface area contributed by atoms with Crippen LogP contribution in [0, 0.1) is 0 Å². The Bertz CT molecular complexity index is 1320. The van der Waals surface area contributed by atoms with Gasteiger partial charge in [0.15, 0.2) is 0 Å². The lowest BCUT2D eigenvalue weighted by atomic mass is 9.95. The van der Waals surface area contributed by atoms with Gasteiger partial charge in [0.25, 0.3) is 0 Å². The minimum absolute atomic E-state index is 0.115. The highest BCUT2D eigenvalue weighted by Gasteiger charge is 2.25. The molecule has 0 aliphatic heterocycles. The molecule has 1 aromatic heterocycles. The average Bonchev–Trinajstić information content (AvgIpc) is 3.25. The Morgan fingerprint density at radius 1 is 0.853 bits per heavy atom. The van der Waals surface area contributed by atoms with Crippen molar-refractivity contribution in [3.63, 3.8) is 0 Å². The summed E-state index contributed by atoms with van der Waals surface area (Å²) in [5.41, 5.74) is 3.38. The highest BCUT2D eigenvalue weighted by molar-refractivity contribution is 5.96. The van der Waals surface area contributed by atoms with Crippen molar-refractivity contribution in [1.29, 1.82) is 0 Å². The second-order valence-electron chi connectivity index (χ2n) is 9.30. The van der Waals surface area contributed by atoms with Gasteiger partial charge in [0.1, 0.15) is 5.82 Å². The summed E-state index contributed by atoms with van der Waals surface area (Å²) in [6, 6.07) is 24.3. The molecule has 172 valence electrons. The van der Waals surface area contributed by atoms with Gasteiger partial charge in [-0.25, -0.2) is 14.5 Å². The Morgan fingerprint density at radius 2 is 1.50 bits per heavy atom. The van der Waals surface area contributed by atoms with Gasteiger partial charge in [-0.05, 0) is 28.3 Å². The second kappa shape index (κ2) is 9.43. The number of benzene rings is 3. The number of hydrogen-bond acceptors (Lipinski definition) is 4. The first-order chi connectivity index (χ1) is 16.2. The Labute approximate surface area is 198 Å². The summed E-state index contributed by atoms with van der Waals surface area (Å²) in [5.74, 6) is -0.106. The van der Waals surface area contributed by atoms with Gasteiger partial charge in [-0.15, -0.1) is 5.10 Å². The molecule has 1 heterocycles. The Balaban J connectivity index is 1.60. The van der Waals surface area contributed by atoms with Crippen molar-refractivity contribution in [3.05, 3.63) is 107 Å². The molecule has 0 radical (unpaired) electrons. The fourth-order valence-electron chi connectivity index (χ4n) is 3.87. The number of aromatic carboxylic acids is 1. The monoisotopic (exact) mass is 453 g/mol. The third-order valence-electron chi connectivity index (χ3n) is 5.55. The van der Waals surface area contributed by atoms with E-state index in [1.165, 1.54) is 0 Å². The van der Waals surface area contributed by atoms with Crippen LogP contribution in [0.15, 0.2) is 78.9 Å². The summed E-state index contributed by atoms with van der Waals surface area (Å²) in [7, 11) is 0. The molecule has 0 fully saturated rings. The first-order valence-electron chi connectivity index (χ1n) is 11.2. The third-order valence-corrected chi connectivity index (χ3v) is 5.55. The van der Waals surface area contributed by atoms with E-state index < -0.39 is 5.97 Å². The SMILES string of the molecule is CC(C)(C)c1nc(C(=O)Cc2ccccc2)nn1Cc1ccc(-c2ccccc2C(=O)O)cc1. The first-order valence-corrected chi connectivity index (χ1v) is 11.2. The fraction of sp³-hybridized carbons (Fsp3) is 0.214. The minimum atomic E-state index is -0.954. The predicted octanol–water partition coefficient (Wildman–Crippen LogP) is 5.41. The van der Waals surface area contributed by atoms with Gasteiger partial charge in [-0.3, -0.25) is 4.79 Å². The fourth-order valence-corrected chi connectivity index (χ4v) is 3.87. The quantitative estimate of drug-likeness (QED) is 0.378. The van der Waals surface area contributed by atoms with Crippen LogP contribution in [0.2, 0.25) is 0 Å². The van der Waals surface area contributed by atoms with E-state index in [0.717, 1.165) is 22.5 Å². The summed E-state index contributed by atoms with van der Waals surface area (Å²) >= 11 is 0. The number of Topliss-reactive ketones (excluding diaryl/α,β-unsaturated/α-hetero) is 1. The van der Waals surface area contributed by atoms with Gasteiger partial charge in [0.2, 0.25) is 11.6 Å². The van der Waals surface area contributed by atoms with Gasteiger partial charge in [-0.1, -0.05) is 93.6 Å². The lowest BCUT2D eigenvalue weighted by Crippen LogP contribution is -2.20. The van der Waals surface area contributed by atoms with E-state index in [-0.39, 0.29) is 29.0 Å². The van der Waals surface area contributed by atoms with Gasteiger partial charge in [-0.2, -0.15) is 0 Å². The molecule has 0 aliphatic carbocycles. The predicted molar refractivity (Wildman–Crippen MR) is 131 cm³/mol. The number of carboxylic acid groups (broad SMARTS) is 1. The van der Waals surface area contributed by atoms with Crippen molar-refractivity contribution in [2.24, 2.45) is 0 Å². The molecule has 6 heteroatoms. The van der Waals surface area contributed by atoms with Gasteiger partial charge in [0, 0.05) is 11.8 Å². The Morgan fingerprint density at radius 3 is 2.15 bits per heavy atom. The van der Waals surface area contributed by atoms with Crippen LogP contribution in [0.25, 0.3) is 11.1 Å². The molecule has 3 aromatic carbocycles. The molecular weight excluding hydrogens is 426 g/mol. The lowest BCUT2D eigenvalue weighted by molar-refractivity contribution is 0.0697. The highest BCUT2D eigenvalue weighted by atomic mass is 16.4. The van der Waals surface area contributed by atoms with Crippen molar-refractivity contribution in [3.8, 4) is 11.1 Å². The van der Waals surface area contributed by atoms with Crippen molar-refractivity contribution >= 4 is 11.8 Å². The number of carbonyl (C=O) groups is 2. The van der Waals surface area contributed by atoms with E-state index in [0.29, 0.717) is 12.1 Å². The number of carboxylic acids is 1. The van der Waals surface area contributed by atoms with E-state index in [9.17, 15) is 14.7 Å². The normalized spacial score (nSPS) is 11.4. The molecule has 0 saturated carbocycles. The van der Waals surface area contributed by atoms with E-state index in [2.05, 4.69) is 10.1 Å². The van der Waals surface area contributed by atoms with E-state index in [1.807, 2.05) is 81.4 Å². The van der Waals surface area contributed by atoms with Crippen molar-refractivity contribution in [1.82, 2.24) is 14.8 Å². The molecule has 0 bridgehead atoms. The number of nitrogens with zero attached hydrogens (tertiary/aromatic N) is 3. The van der Waals surface area contributed by atoms with Gasteiger partial charge in [0.05, 0.1) is 12.1 Å². The Hall–Kier alpha value is -4.06. The zero-order chi connectivity index (χ0) is 24.3. The molecule has 4 aromatic rings. The molecule has 0 spiro atoms. The van der Waals surface area contributed by atoms with Crippen LogP contribution in [0.3, 0.4) is 0 Å². The molecule has 4 rings (SSSR count). The van der Waals surface area contributed by atoms with Crippen LogP contribution >= 0.6 is 0 Å². The molecule has 34 heavy (non-hydrogen) atoms. The summed E-state index contributed by atoms with van der Waals surface area (Å²) in [6.45, 7) is 6.60. The first kappa shape index (κ1) is 23.1. The number of rotatable bonds is 7. The van der Waals surface area contributed by atoms with E-state index in [4.69, 9.17) is 0 Å². The second-order valence-corrected chi connectivity index (χ2v) is 9.30. The van der Waals surface area contributed by atoms with Gasteiger partial charge < -0.3 is 5.11 Å². The molecule has 0 aliphatic rings. The molecule has 0 unspecified atom stereocenters. The lowest BCUT2D eigenvalue weighted by Gasteiger charge is -2.18. The smallest absolute Gasteiger partial charge is 0.336 e. The van der Waals surface area contributed by atoms with Crippen molar-refractivity contribution < 1.29 is 14.7 Å². The number of aromatic nitrogens is 3. The van der Waals surface area contributed by atoms with Crippen LogP contribution in [-0.4, -0.2) is 31.6 Å². The van der Waals surface area contributed by atoms with Crippen LogP contribution in [-0.2, 0) is 18.4 Å². The molecule has 1 N–H and O–H groups in total. The van der Waals surface area contributed by atoms with Crippen molar-refractivity contribution in [2.75, 3.05) is 0 Å². The number of hydrogen-bond donors (Lipinski definition) is 1. The van der Waals surface area contributed by atoms with Crippen molar-refractivity contribution in [2.45, 2.75) is 39.2 Å². The average molecular weight is 454 g/mol. The number of carbonyl (C=O) groups excluding carboxylic acids is 1. The summed E-state index contributed by atoms with van der Waals surface area (Å²) in [4.78, 5) is 29.0. The molecule has 0 atom stereocenters. The standard InChI is InChI=1S/C28H27N3O3/c1-28(2,3)27-29-25(24(32)17-19-9-5-4-6-10-19)30-31(27)18-20-13-15-21(16-14-20)22-11-7-8-12-23(22)26(33)34/h4-16H,17-18H2,1-3H3,(H,33,34). The summed E-state index contributed by atoms with van der Waals surface area (Å²) < 4.78 is 1.79. The largest absolute Gasteiger partial charge is 0.478 e. The Kier molecular flexibility index (Phi) is 6.41. The maximum atomic E-state index is 12.9. The zero-order valence-electron chi connectivity index (χ0n) is 19.5. The highest BCUT2D eigenvalue weighted by Crippen LogP contribution is 2.26. The molecule has 6 nitrogen and oxygen atoms in total. The zero-order valence-corrected chi connectivity index (χ0v) is 19.5. The maximum absolute atomic E-state index is 12.9. The maximum Gasteiger partial charge on any atom is 0.336 e. The van der Waals surface area contributed by atoms with Gasteiger partial charge >= 0.3 is 5.97 Å². The van der Waals surface area contributed by atoms with E-state index >= 15 is 0 Å². The topological polar surface area (TPSA) is 85.1 Å². The van der Waals surface area contributed by atoms with Crippen LogP contribution in [0.1, 0.15) is 58.7 Å². The third kappa shape index (κ3) is 5.12.